The first-order valence-electron chi connectivity index (χ1n) is 4.14. The van der Waals surface area contributed by atoms with E-state index in [1.165, 1.54) is 7.11 Å². The molecule has 74 valence electrons. The van der Waals surface area contributed by atoms with Gasteiger partial charge in [0, 0.05) is 0 Å². The van der Waals surface area contributed by atoms with Crippen LogP contribution in [-0.4, -0.2) is 26.2 Å². The summed E-state index contributed by atoms with van der Waals surface area (Å²) in [6, 6.07) is 0. The molecule has 1 aliphatic rings. The van der Waals surface area contributed by atoms with Gasteiger partial charge in [0.2, 0.25) is 0 Å². The van der Waals surface area contributed by atoms with E-state index < -0.39 is 5.41 Å². The summed E-state index contributed by atoms with van der Waals surface area (Å²) in [6.45, 7) is 4.39. The molecule has 0 N–H and O–H groups in total. The minimum atomic E-state index is -0.608. The van der Waals surface area contributed by atoms with Gasteiger partial charge in [-0.15, -0.1) is 0 Å². The first kappa shape index (κ1) is 10.0. The second-order valence-corrected chi connectivity index (χ2v) is 4.04. The summed E-state index contributed by atoms with van der Waals surface area (Å²) in [5, 5.41) is 0. The molecule has 1 saturated carbocycles. The van der Waals surface area contributed by atoms with Crippen molar-refractivity contribution < 1.29 is 19.1 Å². The van der Waals surface area contributed by atoms with E-state index >= 15 is 0 Å². The van der Waals surface area contributed by atoms with Gasteiger partial charge in [0.05, 0.1) is 7.11 Å². The molecule has 0 spiro atoms. The Kier molecular flexibility index (Phi) is 2.32. The second kappa shape index (κ2) is 3.01. The van der Waals surface area contributed by atoms with Crippen LogP contribution in [0, 0.1) is 10.8 Å². The summed E-state index contributed by atoms with van der Waals surface area (Å²) < 4.78 is 9.31. The molecule has 4 heteroatoms. The zero-order valence-corrected chi connectivity index (χ0v) is 8.12. The third kappa shape index (κ3) is 1.41. The SMILES string of the molecule is COC(=O)C1(COC=O)CC1(C)C. The van der Waals surface area contributed by atoms with Gasteiger partial charge in [-0.3, -0.25) is 9.59 Å². The fourth-order valence-corrected chi connectivity index (χ4v) is 1.74. The first-order valence-corrected chi connectivity index (χ1v) is 4.14. The predicted molar refractivity (Wildman–Crippen MR) is 44.9 cm³/mol. The van der Waals surface area contributed by atoms with Crippen molar-refractivity contribution in [2.45, 2.75) is 20.3 Å². The van der Waals surface area contributed by atoms with Gasteiger partial charge in [0.15, 0.2) is 0 Å². The van der Waals surface area contributed by atoms with Crippen molar-refractivity contribution in [1.29, 1.82) is 0 Å². The van der Waals surface area contributed by atoms with Crippen molar-refractivity contribution in [3.05, 3.63) is 0 Å². The lowest BCUT2D eigenvalue weighted by molar-refractivity contribution is -0.152. The normalized spacial score (nSPS) is 29.2. The van der Waals surface area contributed by atoms with Crippen LogP contribution in [0.1, 0.15) is 20.3 Å². The van der Waals surface area contributed by atoms with Crippen LogP contribution in [0.25, 0.3) is 0 Å². The van der Waals surface area contributed by atoms with Crippen molar-refractivity contribution in [3.8, 4) is 0 Å². The van der Waals surface area contributed by atoms with Gasteiger partial charge in [-0.25, -0.2) is 0 Å². The number of hydrogen-bond acceptors (Lipinski definition) is 4. The van der Waals surface area contributed by atoms with Crippen LogP contribution in [-0.2, 0) is 19.1 Å². The second-order valence-electron chi connectivity index (χ2n) is 4.04. The van der Waals surface area contributed by atoms with Crippen molar-refractivity contribution in [3.63, 3.8) is 0 Å². The van der Waals surface area contributed by atoms with Crippen molar-refractivity contribution in [2.75, 3.05) is 13.7 Å². The summed E-state index contributed by atoms with van der Waals surface area (Å²) in [6.07, 6.45) is 0.709. The minimum absolute atomic E-state index is 0.121. The molecule has 0 bridgehead atoms. The number of hydrogen-bond donors (Lipinski definition) is 0. The van der Waals surface area contributed by atoms with Crippen LogP contribution >= 0.6 is 0 Å². The van der Waals surface area contributed by atoms with E-state index in [4.69, 9.17) is 0 Å². The van der Waals surface area contributed by atoms with Crippen LogP contribution < -0.4 is 0 Å². The summed E-state index contributed by atoms with van der Waals surface area (Å²) in [5.74, 6) is -0.292. The van der Waals surface area contributed by atoms with Crippen LogP contribution in [0.4, 0.5) is 0 Å². The molecule has 0 aromatic carbocycles. The summed E-state index contributed by atoms with van der Waals surface area (Å²) >= 11 is 0. The number of carbonyl (C=O) groups excluding carboxylic acids is 2. The monoisotopic (exact) mass is 186 g/mol. The zero-order chi connectivity index (χ0) is 10.1. The van der Waals surface area contributed by atoms with Crippen molar-refractivity contribution in [1.82, 2.24) is 0 Å². The zero-order valence-electron chi connectivity index (χ0n) is 8.12. The van der Waals surface area contributed by atoms with Crippen LogP contribution in [0.2, 0.25) is 0 Å². The highest BCUT2D eigenvalue weighted by Gasteiger charge is 2.68. The number of esters is 1. The van der Waals surface area contributed by atoms with Crippen molar-refractivity contribution in [2.24, 2.45) is 10.8 Å². The molecular formula is C9H14O4. The third-order valence-corrected chi connectivity index (χ3v) is 2.89. The molecule has 1 fully saturated rings. The summed E-state index contributed by atoms with van der Waals surface area (Å²) in [4.78, 5) is 21.4. The Morgan fingerprint density at radius 3 is 2.38 bits per heavy atom. The van der Waals surface area contributed by atoms with E-state index in [-0.39, 0.29) is 18.0 Å². The number of rotatable bonds is 4. The van der Waals surface area contributed by atoms with Gasteiger partial charge in [-0.1, -0.05) is 13.8 Å². The highest BCUT2D eigenvalue weighted by atomic mass is 16.5. The van der Waals surface area contributed by atoms with Gasteiger partial charge < -0.3 is 9.47 Å². The number of ether oxygens (including phenoxy) is 2. The molecule has 1 aliphatic carbocycles. The smallest absolute Gasteiger partial charge is 0.315 e. The summed E-state index contributed by atoms with van der Waals surface area (Å²) in [5.41, 5.74) is -0.730. The van der Waals surface area contributed by atoms with Crippen LogP contribution in [0.15, 0.2) is 0 Å². The Balaban J connectivity index is 2.69. The number of carbonyl (C=O) groups is 2. The fraction of sp³-hybridized carbons (Fsp3) is 0.778. The van der Waals surface area contributed by atoms with E-state index in [1.807, 2.05) is 13.8 Å². The quantitative estimate of drug-likeness (QED) is 0.480. The average molecular weight is 186 g/mol. The Bertz CT molecular complexity index is 234. The fourth-order valence-electron chi connectivity index (χ4n) is 1.74. The van der Waals surface area contributed by atoms with Gasteiger partial charge in [-0.05, 0) is 11.8 Å². The molecule has 0 saturated heterocycles. The topological polar surface area (TPSA) is 52.6 Å². The maximum atomic E-state index is 11.4. The third-order valence-electron chi connectivity index (χ3n) is 2.89. The molecule has 0 heterocycles. The van der Waals surface area contributed by atoms with E-state index in [1.54, 1.807) is 0 Å². The Morgan fingerprint density at radius 2 is 2.08 bits per heavy atom. The molecule has 0 radical (unpaired) electrons. The van der Waals surface area contributed by atoms with E-state index in [9.17, 15) is 9.59 Å². The Labute approximate surface area is 77.2 Å². The average Bonchev–Trinajstić information content (AvgIpc) is 2.65. The van der Waals surface area contributed by atoms with E-state index in [2.05, 4.69) is 9.47 Å². The van der Waals surface area contributed by atoms with E-state index in [0.29, 0.717) is 12.9 Å². The highest BCUT2D eigenvalue weighted by Crippen LogP contribution is 2.64. The maximum Gasteiger partial charge on any atom is 0.315 e. The molecule has 1 atom stereocenters. The van der Waals surface area contributed by atoms with Gasteiger partial charge in [-0.2, -0.15) is 0 Å². The highest BCUT2D eigenvalue weighted by molar-refractivity contribution is 5.82. The molecule has 0 amide bonds. The van der Waals surface area contributed by atoms with Crippen LogP contribution in [0.5, 0.6) is 0 Å². The molecule has 4 nitrogen and oxygen atoms in total. The lowest BCUT2D eigenvalue weighted by Crippen LogP contribution is -2.27. The lowest BCUT2D eigenvalue weighted by atomic mass is 9.97. The van der Waals surface area contributed by atoms with Gasteiger partial charge >= 0.3 is 5.97 Å². The number of methoxy groups -OCH3 is 1. The molecule has 1 unspecified atom stereocenters. The van der Waals surface area contributed by atoms with Crippen LogP contribution in [0.3, 0.4) is 0 Å². The molecule has 13 heavy (non-hydrogen) atoms. The van der Waals surface area contributed by atoms with Crippen molar-refractivity contribution >= 4 is 12.4 Å². The molecule has 0 aliphatic heterocycles. The standard InChI is InChI=1S/C9H14O4/c1-8(2)4-9(8,5-13-6-10)7(11)12-3/h6H,4-5H2,1-3H3. The molecular weight excluding hydrogens is 172 g/mol. The molecule has 1 rings (SSSR count). The van der Waals surface area contributed by atoms with Gasteiger partial charge in [0.25, 0.3) is 6.47 Å². The lowest BCUT2D eigenvalue weighted by Gasteiger charge is -2.15. The minimum Gasteiger partial charge on any atom is -0.468 e. The first-order chi connectivity index (χ1) is 6.00. The van der Waals surface area contributed by atoms with Gasteiger partial charge in [0.1, 0.15) is 12.0 Å². The Hall–Kier alpha value is -1.06. The maximum absolute atomic E-state index is 11.4. The molecule has 0 aromatic heterocycles. The summed E-state index contributed by atoms with van der Waals surface area (Å²) in [7, 11) is 1.35. The largest absolute Gasteiger partial charge is 0.468 e. The molecule has 0 aromatic rings. The Morgan fingerprint density at radius 1 is 1.54 bits per heavy atom. The predicted octanol–water partition coefficient (Wildman–Crippen LogP) is 0.749. The van der Waals surface area contributed by atoms with E-state index in [0.717, 1.165) is 0 Å².